The summed E-state index contributed by atoms with van der Waals surface area (Å²) in [5.41, 5.74) is 0. The van der Waals surface area contributed by atoms with E-state index in [-0.39, 0.29) is 13.2 Å². The quantitative estimate of drug-likeness (QED) is 0.797. The maximum absolute atomic E-state index is 9.46. The van der Waals surface area contributed by atoms with Gasteiger partial charge in [0.25, 0.3) is 0 Å². The maximum Gasteiger partial charge on any atom is 0.147 e. The molecule has 16 heavy (non-hydrogen) atoms. The van der Waals surface area contributed by atoms with E-state index in [1.54, 1.807) is 0 Å². The molecule has 1 aromatic rings. The molecule has 3 nitrogen and oxygen atoms in total. The van der Waals surface area contributed by atoms with E-state index in [4.69, 9.17) is 9.47 Å². The number of aliphatic hydroxyl groups is 1. The Morgan fingerprint density at radius 3 is 2.25 bits per heavy atom. The summed E-state index contributed by atoms with van der Waals surface area (Å²) < 4.78 is 12.9. The number of aliphatic hydroxyl groups excluding tert-OH is 1. The number of hydrogen-bond acceptors (Lipinski definition) is 3. The number of rotatable bonds is 5. The zero-order chi connectivity index (χ0) is 12.1. The smallest absolute Gasteiger partial charge is 0.147 e. The third kappa shape index (κ3) is 4.33. The van der Waals surface area contributed by atoms with Gasteiger partial charge in [0.2, 0.25) is 0 Å². The van der Waals surface area contributed by atoms with Crippen LogP contribution >= 0.6 is 47.8 Å². The molecule has 0 heterocycles. The van der Waals surface area contributed by atoms with Gasteiger partial charge in [-0.25, -0.2) is 0 Å². The molecule has 0 aliphatic rings. The SMILES string of the molecule is COCC(O)COc1c(Br)cc(Br)cc1Br. The highest BCUT2D eigenvalue weighted by atomic mass is 79.9. The first-order valence-electron chi connectivity index (χ1n) is 4.49. The lowest BCUT2D eigenvalue weighted by atomic mass is 10.3. The minimum atomic E-state index is -0.632. The standard InChI is InChI=1S/C10H11Br3O3/c1-15-4-7(14)5-16-10-8(12)2-6(11)3-9(10)13/h2-3,7,14H,4-5H2,1H3. The third-order valence-corrected chi connectivity index (χ3v) is 3.38. The van der Waals surface area contributed by atoms with Crippen molar-refractivity contribution in [3.05, 3.63) is 25.6 Å². The minimum Gasteiger partial charge on any atom is -0.488 e. The van der Waals surface area contributed by atoms with E-state index in [0.29, 0.717) is 5.75 Å². The number of hydrogen-bond donors (Lipinski definition) is 1. The van der Waals surface area contributed by atoms with Crippen LogP contribution in [0.25, 0.3) is 0 Å². The van der Waals surface area contributed by atoms with Crippen molar-refractivity contribution in [1.29, 1.82) is 0 Å². The predicted octanol–water partition coefficient (Wildman–Crippen LogP) is 3.36. The Balaban J connectivity index is 2.67. The van der Waals surface area contributed by atoms with Crippen LogP contribution in [-0.4, -0.2) is 31.5 Å². The highest BCUT2D eigenvalue weighted by molar-refractivity contribution is 9.11. The number of methoxy groups -OCH3 is 1. The second kappa shape index (κ2) is 6.96. The highest BCUT2D eigenvalue weighted by Gasteiger charge is 2.11. The van der Waals surface area contributed by atoms with Crippen molar-refractivity contribution in [2.75, 3.05) is 20.3 Å². The first kappa shape index (κ1) is 14.4. The Hall–Kier alpha value is 0.380. The van der Waals surface area contributed by atoms with Gasteiger partial charge in [0.1, 0.15) is 18.5 Å². The van der Waals surface area contributed by atoms with Crippen LogP contribution in [0.2, 0.25) is 0 Å². The normalized spacial score (nSPS) is 12.6. The number of ether oxygens (including phenoxy) is 2. The van der Waals surface area contributed by atoms with E-state index < -0.39 is 6.10 Å². The van der Waals surface area contributed by atoms with Crippen molar-refractivity contribution in [1.82, 2.24) is 0 Å². The molecule has 0 fully saturated rings. The average molecular weight is 419 g/mol. The van der Waals surface area contributed by atoms with E-state index in [2.05, 4.69) is 47.8 Å². The monoisotopic (exact) mass is 416 g/mol. The summed E-state index contributed by atoms with van der Waals surface area (Å²) in [5, 5.41) is 9.46. The van der Waals surface area contributed by atoms with Gasteiger partial charge in [-0.15, -0.1) is 0 Å². The summed E-state index contributed by atoms with van der Waals surface area (Å²) >= 11 is 10.1. The van der Waals surface area contributed by atoms with Gasteiger partial charge in [-0.05, 0) is 44.0 Å². The fourth-order valence-corrected chi connectivity index (χ4v) is 3.57. The lowest BCUT2D eigenvalue weighted by Crippen LogP contribution is -2.22. The number of benzene rings is 1. The molecule has 1 N–H and O–H groups in total. The Kier molecular flexibility index (Phi) is 6.28. The van der Waals surface area contributed by atoms with E-state index in [9.17, 15) is 5.11 Å². The molecule has 0 spiro atoms. The van der Waals surface area contributed by atoms with Crippen LogP contribution in [0.1, 0.15) is 0 Å². The summed E-state index contributed by atoms with van der Waals surface area (Å²) in [6.07, 6.45) is -0.632. The lowest BCUT2D eigenvalue weighted by molar-refractivity contribution is 0.0322. The Morgan fingerprint density at radius 2 is 1.75 bits per heavy atom. The predicted molar refractivity (Wildman–Crippen MR) is 72.9 cm³/mol. The first-order valence-corrected chi connectivity index (χ1v) is 6.87. The molecule has 0 bridgehead atoms. The molecule has 0 amide bonds. The third-order valence-electron chi connectivity index (χ3n) is 1.74. The fraction of sp³-hybridized carbons (Fsp3) is 0.400. The minimum absolute atomic E-state index is 0.187. The van der Waals surface area contributed by atoms with Crippen molar-refractivity contribution >= 4 is 47.8 Å². The summed E-state index contributed by atoms with van der Waals surface area (Å²) in [4.78, 5) is 0. The van der Waals surface area contributed by atoms with Gasteiger partial charge in [0.15, 0.2) is 0 Å². The highest BCUT2D eigenvalue weighted by Crippen LogP contribution is 2.36. The van der Waals surface area contributed by atoms with Crippen molar-refractivity contribution in [3.8, 4) is 5.75 Å². The van der Waals surface area contributed by atoms with Crippen molar-refractivity contribution in [2.45, 2.75) is 6.10 Å². The molecule has 1 atom stereocenters. The summed E-state index contributed by atoms with van der Waals surface area (Å²) in [6, 6.07) is 3.76. The Morgan fingerprint density at radius 1 is 1.19 bits per heavy atom. The van der Waals surface area contributed by atoms with Gasteiger partial charge < -0.3 is 14.6 Å². The van der Waals surface area contributed by atoms with Gasteiger partial charge in [0.05, 0.1) is 15.6 Å². The zero-order valence-electron chi connectivity index (χ0n) is 8.54. The average Bonchev–Trinajstić information content (AvgIpc) is 2.16. The van der Waals surface area contributed by atoms with Crippen LogP contribution in [0.4, 0.5) is 0 Å². The van der Waals surface area contributed by atoms with Crippen LogP contribution in [0, 0.1) is 0 Å². The van der Waals surface area contributed by atoms with E-state index >= 15 is 0 Å². The molecule has 0 aliphatic heterocycles. The van der Waals surface area contributed by atoms with Gasteiger partial charge >= 0.3 is 0 Å². The molecule has 1 rings (SSSR count). The second-order valence-corrected chi connectivity index (χ2v) is 5.74. The van der Waals surface area contributed by atoms with Crippen LogP contribution in [-0.2, 0) is 4.74 Å². The summed E-state index contributed by atoms with van der Waals surface area (Å²) in [6.45, 7) is 0.443. The summed E-state index contributed by atoms with van der Waals surface area (Å²) in [7, 11) is 1.54. The molecule has 0 radical (unpaired) electrons. The molecule has 6 heteroatoms. The maximum atomic E-state index is 9.46. The van der Waals surface area contributed by atoms with Crippen LogP contribution in [0.5, 0.6) is 5.75 Å². The molecular formula is C10H11Br3O3. The molecule has 0 saturated heterocycles. The zero-order valence-corrected chi connectivity index (χ0v) is 13.3. The molecule has 90 valence electrons. The van der Waals surface area contributed by atoms with Gasteiger partial charge in [0, 0.05) is 11.6 Å². The Bertz CT molecular complexity index is 334. The van der Waals surface area contributed by atoms with Gasteiger partial charge in [-0.1, -0.05) is 15.9 Å². The Labute approximate surface area is 120 Å². The largest absolute Gasteiger partial charge is 0.488 e. The van der Waals surface area contributed by atoms with Gasteiger partial charge in [-0.3, -0.25) is 0 Å². The molecule has 1 aromatic carbocycles. The second-order valence-electron chi connectivity index (χ2n) is 3.12. The molecule has 0 saturated carbocycles. The molecule has 0 aromatic heterocycles. The van der Waals surface area contributed by atoms with Gasteiger partial charge in [-0.2, -0.15) is 0 Å². The lowest BCUT2D eigenvalue weighted by Gasteiger charge is -2.14. The van der Waals surface area contributed by atoms with Crippen LogP contribution in [0.3, 0.4) is 0 Å². The van der Waals surface area contributed by atoms with Crippen molar-refractivity contribution in [3.63, 3.8) is 0 Å². The number of halogens is 3. The molecule has 0 aliphatic carbocycles. The van der Waals surface area contributed by atoms with E-state index in [1.165, 1.54) is 7.11 Å². The first-order chi connectivity index (χ1) is 7.54. The van der Waals surface area contributed by atoms with Crippen LogP contribution in [0.15, 0.2) is 25.6 Å². The topological polar surface area (TPSA) is 38.7 Å². The van der Waals surface area contributed by atoms with Crippen molar-refractivity contribution < 1.29 is 14.6 Å². The van der Waals surface area contributed by atoms with E-state index in [1.807, 2.05) is 12.1 Å². The van der Waals surface area contributed by atoms with Crippen molar-refractivity contribution in [2.24, 2.45) is 0 Å². The van der Waals surface area contributed by atoms with Crippen LogP contribution < -0.4 is 4.74 Å². The van der Waals surface area contributed by atoms with E-state index in [0.717, 1.165) is 13.4 Å². The molecule has 1 unspecified atom stereocenters. The fourth-order valence-electron chi connectivity index (χ4n) is 1.09. The molecular weight excluding hydrogens is 408 g/mol. The summed E-state index contributed by atoms with van der Waals surface area (Å²) in [5.74, 6) is 0.665.